The van der Waals surface area contributed by atoms with Crippen LogP contribution in [0.5, 0.6) is 5.75 Å². The van der Waals surface area contributed by atoms with Crippen LogP contribution >= 0.6 is 0 Å². The standard InChI is InChI=1S/C13H18F3NO/c1-4-12(2,3)9-7-5-6-8(10(9)18)11(17)13(14,15)16/h5-7,11,18H,4,17H2,1-3H3/t11-/m1/s1. The van der Waals surface area contributed by atoms with Crippen molar-refractivity contribution in [3.05, 3.63) is 29.3 Å². The molecule has 0 spiro atoms. The van der Waals surface area contributed by atoms with Crippen LogP contribution in [0.1, 0.15) is 44.4 Å². The van der Waals surface area contributed by atoms with Gasteiger partial charge < -0.3 is 10.8 Å². The van der Waals surface area contributed by atoms with Crippen molar-refractivity contribution < 1.29 is 18.3 Å². The largest absolute Gasteiger partial charge is 0.507 e. The Hall–Kier alpha value is -1.23. The van der Waals surface area contributed by atoms with E-state index in [0.717, 1.165) is 0 Å². The quantitative estimate of drug-likeness (QED) is 0.872. The van der Waals surface area contributed by atoms with Crippen molar-refractivity contribution in [2.75, 3.05) is 0 Å². The van der Waals surface area contributed by atoms with Crippen molar-refractivity contribution in [3.63, 3.8) is 0 Å². The summed E-state index contributed by atoms with van der Waals surface area (Å²) in [7, 11) is 0. The number of hydrogen-bond donors (Lipinski definition) is 2. The molecule has 5 heteroatoms. The number of hydrogen-bond acceptors (Lipinski definition) is 2. The summed E-state index contributed by atoms with van der Waals surface area (Å²) in [6.07, 6.45) is -3.86. The van der Waals surface area contributed by atoms with E-state index in [2.05, 4.69) is 0 Å². The first-order valence-electron chi connectivity index (χ1n) is 5.76. The van der Waals surface area contributed by atoms with Gasteiger partial charge in [0, 0.05) is 5.56 Å². The van der Waals surface area contributed by atoms with E-state index in [0.29, 0.717) is 12.0 Å². The van der Waals surface area contributed by atoms with E-state index in [1.165, 1.54) is 12.1 Å². The minimum Gasteiger partial charge on any atom is -0.507 e. The first kappa shape index (κ1) is 14.8. The maximum Gasteiger partial charge on any atom is 0.407 e. The van der Waals surface area contributed by atoms with Gasteiger partial charge in [0.15, 0.2) is 0 Å². The Kier molecular flexibility index (Phi) is 3.96. The van der Waals surface area contributed by atoms with E-state index in [1.807, 2.05) is 20.8 Å². The highest BCUT2D eigenvalue weighted by Crippen LogP contribution is 2.41. The summed E-state index contributed by atoms with van der Waals surface area (Å²) >= 11 is 0. The maximum absolute atomic E-state index is 12.6. The van der Waals surface area contributed by atoms with Crippen molar-refractivity contribution in [1.29, 1.82) is 0 Å². The highest BCUT2D eigenvalue weighted by molar-refractivity contribution is 5.46. The SMILES string of the molecule is CCC(C)(C)c1cccc([C@@H](N)C(F)(F)F)c1O. The molecule has 0 saturated carbocycles. The second-order valence-corrected chi connectivity index (χ2v) is 5.00. The lowest BCUT2D eigenvalue weighted by Crippen LogP contribution is -2.29. The van der Waals surface area contributed by atoms with Gasteiger partial charge in [-0.3, -0.25) is 0 Å². The van der Waals surface area contributed by atoms with Crippen LogP contribution in [0.2, 0.25) is 0 Å². The van der Waals surface area contributed by atoms with Crippen LogP contribution in [0.4, 0.5) is 13.2 Å². The number of rotatable bonds is 3. The molecule has 2 nitrogen and oxygen atoms in total. The number of phenols is 1. The van der Waals surface area contributed by atoms with Crippen LogP contribution in [0, 0.1) is 0 Å². The number of halogens is 3. The molecule has 102 valence electrons. The van der Waals surface area contributed by atoms with Gasteiger partial charge in [0.05, 0.1) is 0 Å². The number of para-hydroxylation sites is 1. The number of alkyl halides is 3. The molecule has 0 radical (unpaired) electrons. The molecule has 1 atom stereocenters. The van der Waals surface area contributed by atoms with E-state index < -0.39 is 17.6 Å². The van der Waals surface area contributed by atoms with Crippen LogP contribution in [0.25, 0.3) is 0 Å². The summed E-state index contributed by atoms with van der Waals surface area (Å²) in [5.41, 5.74) is 4.96. The molecule has 1 aromatic carbocycles. The molecule has 0 aliphatic carbocycles. The van der Waals surface area contributed by atoms with Gasteiger partial charge in [0.25, 0.3) is 0 Å². The molecule has 0 aliphatic rings. The summed E-state index contributed by atoms with van der Waals surface area (Å²) in [6, 6.07) is 2.17. The Morgan fingerprint density at radius 1 is 1.28 bits per heavy atom. The van der Waals surface area contributed by atoms with E-state index in [1.54, 1.807) is 6.07 Å². The third-order valence-electron chi connectivity index (χ3n) is 3.37. The molecule has 1 rings (SSSR count). The highest BCUT2D eigenvalue weighted by atomic mass is 19.4. The average molecular weight is 261 g/mol. The van der Waals surface area contributed by atoms with Crippen LogP contribution in [0.15, 0.2) is 18.2 Å². The average Bonchev–Trinajstić information content (AvgIpc) is 2.27. The van der Waals surface area contributed by atoms with Gasteiger partial charge in [-0.15, -0.1) is 0 Å². The minimum atomic E-state index is -4.56. The fourth-order valence-corrected chi connectivity index (χ4v) is 1.73. The van der Waals surface area contributed by atoms with E-state index in [-0.39, 0.29) is 11.3 Å². The zero-order chi connectivity index (χ0) is 14.1. The molecule has 0 bridgehead atoms. The summed E-state index contributed by atoms with van der Waals surface area (Å²) in [4.78, 5) is 0. The number of nitrogens with two attached hydrogens (primary N) is 1. The monoisotopic (exact) mass is 261 g/mol. The highest BCUT2D eigenvalue weighted by Gasteiger charge is 2.40. The van der Waals surface area contributed by atoms with Gasteiger partial charge in [-0.05, 0) is 17.4 Å². The van der Waals surface area contributed by atoms with Crippen molar-refractivity contribution in [1.82, 2.24) is 0 Å². The summed E-state index contributed by atoms with van der Waals surface area (Å²) in [6.45, 7) is 5.64. The molecule has 0 aliphatic heterocycles. The minimum absolute atomic E-state index is 0.276. The predicted molar refractivity (Wildman–Crippen MR) is 64.4 cm³/mol. The Balaban J connectivity index is 3.31. The Bertz CT molecular complexity index is 427. The second-order valence-electron chi connectivity index (χ2n) is 5.00. The molecular weight excluding hydrogens is 243 g/mol. The molecule has 0 unspecified atom stereocenters. The van der Waals surface area contributed by atoms with Gasteiger partial charge in [0.1, 0.15) is 11.8 Å². The lowest BCUT2D eigenvalue weighted by atomic mass is 9.80. The number of aromatic hydroxyl groups is 1. The fraction of sp³-hybridized carbons (Fsp3) is 0.538. The van der Waals surface area contributed by atoms with Crippen LogP contribution in [-0.2, 0) is 5.41 Å². The van der Waals surface area contributed by atoms with Gasteiger partial charge in [0.2, 0.25) is 0 Å². The predicted octanol–water partition coefficient (Wildman–Crippen LogP) is 3.64. The van der Waals surface area contributed by atoms with Crippen molar-refractivity contribution >= 4 is 0 Å². The number of phenolic OH excluding ortho intramolecular Hbond substituents is 1. The number of benzene rings is 1. The van der Waals surface area contributed by atoms with E-state index in [9.17, 15) is 18.3 Å². The second kappa shape index (κ2) is 4.80. The van der Waals surface area contributed by atoms with Gasteiger partial charge >= 0.3 is 6.18 Å². The van der Waals surface area contributed by atoms with Gasteiger partial charge in [-0.2, -0.15) is 13.2 Å². The van der Waals surface area contributed by atoms with Crippen molar-refractivity contribution in [3.8, 4) is 5.75 Å². The van der Waals surface area contributed by atoms with E-state index in [4.69, 9.17) is 5.73 Å². The molecule has 0 fully saturated rings. The zero-order valence-corrected chi connectivity index (χ0v) is 10.7. The first-order valence-corrected chi connectivity index (χ1v) is 5.76. The van der Waals surface area contributed by atoms with Gasteiger partial charge in [-0.25, -0.2) is 0 Å². The summed E-state index contributed by atoms with van der Waals surface area (Å²) < 4.78 is 37.8. The Morgan fingerprint density at radius 3 is 2.28 bits per heavy atom. The van der Waals surface area contributed by atoms with Crippen LogP contribution < -0.4 is 5.73 Å². The fourth-order valence-electron chi connectivity index (χ4n) is 1.73. The lowest BCUT2D eigenvalue weighted by Gasteiger charge is -2.27. The van der Waals surface area contributed by atoms with Crippen LogP contribution in [0.3, 0.4) is 0 Å². The third-order valence-corrected chi connectivity index (χ3v) is 3.37. The molecule has 3 N–H and O–H groups in total. The first-order chi connectivity index (χ1) is 8.11. The maximum atomic E-state index is 12.6. The van der Waals surface area contributed by atoms with Gasteiger partial charge in [-0.1, -0.05) is 39.0 Å². The molecule has 0 aromatic heterocycles. The summed E-state index contributed by atoms with van der Waals surface area (Å²) in [5, 5.41) is 10.0. The zero-order valence-electron chi connectivity index (χ0n) is 10.7. The molecule has 0 heterocycles. The Morgan fingerprint density at radius 2 is 1.83 bits per heavy atom. The van der Waals surface area contributed by atoms with E-state index >= 15 is 0 Å². The molecule has 0 amide bonds. The summed E-state index contributed by atoms with van der Waals surface area (Å²) in [5.74, 6) is -0.353. The Labute approximate surface area is 105 Å². The normalized spacial score (nSPS) is 14.6. The third kappa shape index (κ3) is 2.77. The smallest absolute Gasteiger partial charge is 0.407 e. The topological polar surface area (TPSA) is 46.2 Å². The van der Waals surface area contributed by atoms with Crippen LogP contribution in [-0.4, -0.2) is 11.3 Å². The lowest BCUT2D eigenvalue weighted by molar-refractivity contribution is -0.149. The van der Waals surface area contributed by atoms with Crippen molar-refractivity contribution in [2.24, 2.45) is 5.73 Å². The molecule has 1 aromatic rings. The molecular formula is C13H18F3NO. The van der Waals surface area contributed by atoms with Crippen molar-refractivity contribution in [2.45, 2.75) is 44.8 Å². The molecule has 18 heavy (non-hydrogen) atoms. The molecule has 0 saturated heterocycles.